The van der Waals surface area contributed by atoms with Gasteiger partial charge >= 0.3 is 0 Å². The first-order valence-electron chi connectivity index (χ1n) is 8.66. The second-order valence-corrected chi connectivity index (χ2v) is 8.64. The van der Waals surface area contributed by atoms with Crippen LogP contribution in [0.15, 0.2) is 52.9 Å². The first-order valence-corrected chi connectivity index (χ1v) is 10.5. The fourth-order valence-corrected chi connectivity index (χ4v) is 5.17. The molecule has 2 aromatic carbocycles. The maximum Gasteiger partial charge on any atom is 0.251 e. The van der Waals surface area contributed by atoms with Crippen LogP contribution < -0.4 is 5.32 Å². The summed E-state index contributed by atoms with van der Waals surface area (Å²) in [5, 5.41) is 3.13. The van der Waals surface area contributed by atoms with Crippen molar-refractivity contribution in [3.05, 3.63) is 59.7 Å². The minimum absolute atomic E-state index is 0.0530. The van der Waals surface area contributed by atoms with E-state index in [-0.39, 0.29) is 5.91 Å². The number of thiazole rings is 1. The first kappa shape index (κ1) is 16.6. The quantitative estimate of drug-likeness (QED) is 0.625. The van der Waals surface area contributed by atoms with E-state index in [1.165, 1.54) is 23.1 Å². The van der Waals surface area contributed by atoms with Crippen LogP contribution in [0.25, 0.3) is 10.2 Å². The van der Waals surface area contributed by atoms with Gasteiger partial charge in [0.05, 0.1) is 10.2 Å². The normalized spacial score (nSPS) is 14.9. The number of thioether (sulfide) groups is 1. The third kappa shape index (κ3) is 4.05. The third-order valence-electron chi connectivity index (χ3n) is 4.54. The fraction of sp³-hybridized carbons (Fsp3) is 0.300. The smallest absolute Gasteiger partial charge is 0.251 e. The van der Waals surface area contributed by atoms with Gasteiger partial charge in [-0.1, -0.05) is 48.9 Å². The molecule has 3 aromatic rings. The Balaban J connectivity index is 1.35. The Labute approximate surface area is 155 Å². The first-order chi connectivity index (χ1) is 12.3. The van der Waals surface area contributed by atoms with Crippen molar-refractivity contribution in [1.29, 1.82) is 0 Å². The van der Waals surface area contributed by atoms with Crippen molar-refractivity contribution in [2.24, 2.45) is 0 Å². The van der Waals surface area contributed by atoms with Crippen molar-refractivity contribution in [3.8, 4) is 0 Å². The summed E-state index contributed by atoms with van der Waals surface area (Å²) in [6.45, 7) is 0. The van der Waals surface area contributed by atoms with Gasteiger partial charge in [-0.2, -0.15) is 0 Å². The minimum atomic E-state index is 0.0530. The molecule has 0 bridgehead atoms. The SMILES string of the molecule is O=C(NC1CCCC1)c1ccc(CSc2nc3ccccc3s2)cc1. The van der Waals surface area contributed by atoms with Gasteiger partial charge in [0.25, 0.3) is 5.91 Å². The predicted octanol–water partition coefficient (Wildman–Crippen LogP) is 5.26. The number of hydrogen-bond donors (Lipinski definition) is 1. The molecule has 1 saturated carbocycles. The van der Waals surface area contributed by atoms with Crippen molar-refractivity contribution in [2.75, 3.05) is 0 Å². The lowest BCUT2D eigenvalue weighted by atomic mass is 10.1. The van der Waals surface area contributed by atoms with Gasteiger partial charge in [0.1, 0.15) is 0 Å². The van der Waals surface area contributed by atoms with E-state index in [4.69, 9.17) is 0 Å². The molecule has 0 radical (unpaired) electrons. The Bertz CT molecular complexity index is 834. The van der Waals surface area contributed by atoms with E-state index in [1.807, 2.05) is 42.5 Å². The number of carbonyl (C=O) groups is 1. The van der Waals surface area contributed by atoms with Crippen LogP contribution in [0, 0.1) is 0 Å². The summed E-state index contributed by atoms with van der Waals surface area (Å²) in [6.07, 6.45) is 4.69. The monoisotopic (exact) mass is 368 g/mol. The minimum Gasteiger partial charge on any atom is -0.349 e. The van der Waals surface area contributed by atoms with Crippen LogP contribution in [0.2, 0.25) is 0 Å². The summed E-state index contributed by atoms with van der Waals surface area (Å²) in [6, 6.07) is 16.5. The van der Waals surface area contributed by atoms with E-state index in [2.05, 4.69) is 16.4 Å². The maximum absolute atomic E-state index is 12.3. The van der Waals surface area contributed by atoms with Crippen molar-refractivity contribution >= 4 is 39.2 Å². The van der Waals surface area contributed by atoms with Gasteiger partial charge in [0.2, 0.25) is 0 Å². The van der Waals surface area contributed by atoms with Crippen molar-refractivity contribution in [3.63, 3.8) is 0 Å². The van der Waals surface area contributed by atoms with Crippen LogP contribution in [0.3, 0.4) is 0 Å². The number of nitrogens with zero attached hydrogens (tertiary/aromatic N) is 1. The average molecular weight is 369 g/mol. The molecule has 0 atom stereocenters. The summed E-state index contributed by atoms with van der Waals surface area (Å²) in [4.78, 5) is 16.9. The molecule has 1 aromatic heterocycles. The van der Waals surface area contributed by atoms with Crippen LogP contribution in [0.1, 0.15) is 41.6 Å². The molecular formula is C20H20N2OS2. The Morgan fingerprint density at radius 1 is 1.12 bits per heavy atom. The van der Waals surface area contributed by atoms with E-state index >= 15 is 0 Å². The number of hydrogen-bond acceptors (Lipinski definition) is 4. The van der Waals surface area contributed by atoms with Crippen molar-refractivity contribution < 1.29 is 4.79 Å². The molecule has 128 valence electrons. The van der Waals surface area contributed by atoms with E-state index in [9.17, 15) is 4.79 Å². The van der Waals surface area contributed by atoms with E-state index in [1.54, 1.807) is 23.1 Å². The van der Waals surface area contributed by atoms with Crippen LogP contribution in [0.5, 0.6) is 0 Å². The zero-order valence-corrected chi connectivity index (χ0v) is 15.5. The number of fused-ring (bicyclic) bond motifs is 1. The molecule has 0 saturated heterocycles. The molecule has 3 nitrogen and oxygen atoms in total. The number of carbonyl (C=O) groups excluding carboxylic acids is 1. The van der Waals surface area contributed by atoms with E-state index in [0.717, 1.165) is 34.0 Å². The molecule has 1 heterocycles. The topological polar surface area (TPSA) is 42.0 Å². The number of benzene rings is 2. The third-order valence-corrected chi connectivity index (χ3v) is 6.79. The van der Waals surface area contributed by atoms with Gasteiger partial charge < -0.3 is 5.32 Å². The number of rotatable bonds is 5. The number of amides is 1. The Hall–Kier alpha value is -1.85. The lowest BCUT2D eigenvalue weighted by Crippen LogP contribution is -2.32. The van der Waals surface area contributed by atoms with Gasteiger partial charge in [-0.25, -0.2) is 4.98 Å². The van der Waals surface area contributed by atoms with Gasteiger partial charge in [-0.3, -0.25) is 4.79 Å². The zero-order valence-electron chi connectivity index (χ0n) is 13.9. The highest BCUT2D eigenvalue weighted by atomic mass is 32.2. The van der Waals surface area contributed by atoms with E-state index in [0.29, 0.717) is 6.04 Å². The number of para-hydroxylation sites is 1. The van der Waals surface area contributed by atoms with Gasteiger partial charge in [0.15, 0.2) is 4.34 Å². The van der Waals surface area contributed by atoms with Gasteiger partial charge in [0, 0.05) is 17.4 Å². The molecule has 1 N–H and O–H groups in total. The standard InChI is InChI=1S/C20H20N2OS2/c23-19(21-16-5-1-2-6-16)15-11-9-14(10-12-15)13-24-20-22-17-7-3-4-8-18(17)25-20/h3-4,7-12,16H,1-2,5-6,13H2,(H,21,23). The molecule has 4 rings (SSSR count). The van der Waals surface area contributed by atoms with Crippen LogP contribution in [-0.4, -0.2) is 16.9 Å². The van der Waals surface area contributed by atoms with Crippen LogP contribution in [-0.2, 0) is 5.75 Å². The van der Waals surface area contributed by atoms with Crippen LogP contribution in [0.4, 0.5) is 0 Å². The highest BCUT2D eigenvalue weighted by Gasteiger charge is 2.17. The molecule has 1 aliphatic rings. The molecule has 5 heteroatoms. The summed E-state index contributed by atoms with van der Waals surface area (Å²) >= 11 is 3.48. The summed E-state index contributed by atoms with van der Waals surface area (Å²) in [7, 11) is 0. The van der Waals surface area contributed by atoms with Crippen molar-refractivity contribution in [1.82, 2.24) is 10.3 Å². The zero-order chi connectivity index (χ0) is 17.1. The second kappa shape index (κ2) is 7.58. The molecule has 1 amide bonds. The van der Waals surface area contributed by atoms with E-state index < -0.39 is 0 Å². The van der Waals surface area contributed by atoms with Gasteiger partial charge in [-0.15, -0.1) is 11.3 Å². The fourth-order valence-electron chi connectivity index (χ4n) is 3.15. The van der Waals surface area contributed by atoms with Crippen molar-refractivity contribution in [2.45, 2.75) is 41.8 Å². The molecule has 1 fully saturated rings. The highest BCUT2D eigenvalue weighted by molar-refractivity contribution is 8.00. The largest absolute Gasteiger partial charge is 0.349 e. The Kier molecular flexibility index (Phi) is 5.04. The Morgan fingerprint density at radius 3 is 2.64 bits per heavy atom. The second-order valence-electron chi connectivity index (χ2n) is 6.39. The summed E-state index contributed by atoms with van der Waals surface area (Å²) in [5.74, 6) is 0.918. The number of aromatic nitrogens is 1. The molecule has 0 spiro atoms. The summed E-state index contributed by atoms with van der Waals surface area (Å²) < 4.78 is 2.31. The lowest BCUT2D eigenvalue weighted by molar-refractivity contribution is 0.0938. The molecule has 0 aliphatic heterocycles. The highest BCUT2D eigenvalue weighted by Crippen LogP contribution is 2.31. The molecule has 0 unspecified atom stereocenters. The molecular weight excluding hydrogens is 348 g/mol. The summed E-state index contributed by atoms with van der Waals surface area (Å²) in [5.41, 5.74) is 3.02. The predicted molar refractivity (Wildman–Crippen MR) is 105 cm³/mol. The molecule has 1 aliphatic carbocycles. The maximum atomic E-state index is 12.3. The Morgan fingerprint density at radius 2 is 1.88 bits per heavy atom. The van der Waals surface area contributed by atoms with Crippen LogP contribution >= 0.6 is 23.1 Å². The van der Waals surface area contributed by atoms with Gasteiger partial charge in [-0.05, 0) is 42.7 Å². The average Bonchev–Trinajstić information content (AvgIpc) is 3.29. The number of nitrogens with one attached hydrogen (secondary N) is 1. The molecule has 25 heavy (non-hydrogen) atoms. The lowest BCUT2D eigenvalue weighted by Gasteiger charge is -2.12.